The van der Waals surface area contributed by atoms with Gasteiger partial charge in [-0.15, -0.1) is 11.8 Å². The highest BCUT2D eigenvalue weighted by Crippen LogP contribution is 2.36. The Morgan fingerprint density at radius 2 is 1.88 bits per heavy atom. The molecule has 0 saturated heterocycles. The van der Waals surface area contributed by atoms with Crippen LogP contribution in [0.25, 0.3) is 0 Å². The Morgan fingerprint density at radius 3 is 2.41 bits per heavy atom. The zero-order chi connectivity index (χ0) is 12.7. The van der Waals surface area contributed by atoms with Gasteiger partial charge in [0.2, 0.25) is 5.91 Å². The Labute approximate surface area is 105 Å². The Morgan fingerprint density at radius 1 is 1.24 bits per heavy atom. The highest BCUT2D eigenvalue weighted by atomic mass is 32.2. The van der Waals surface area contributed by atoms with Gasteiger partial charge >= 0.3 is 5.97 Å². The number of hydrogen-bond acceptors (Lipinski definition) is 4. The van der Waals surface area contributed by atoms with Crippen molar-refractivity contribution >= 4 is 23.6 Å². The summed E-state index contributed by atoms with van der Waals surface area (Å²) in [5.74, 6) is -0.965. The molecule has 1 aliphatic carbocycles. The van der Waals surface area contributed by atoms with Crippen molar-refractivity contribution in [1.29, 1.82) is 0 Å². The van der Waals surface area contributed by atoms with Gasteiger partial charge < -0.3 is 15.5 Å². The topological polar surface area (TPSA) is 86.6 Å². The molecule has 3 N–H and O–H groups in total. The highest BCUT2D eigenvalue weighted by molar-refractivity contribution is 8.00. The molecular weight excluding hydrogens is 242 g/mol. The smallest absolute Gasteiger partial charge is 0.313 e. The average Bonchev–Trinajstić information content (AvgIpc) is 2.75. The number of nitrogens with one attached hydrogen (secondary N) is 1. The molecule has 0 atom stereocenters. The molecule has 1 aliphatic rings. The molecule has 6 heteroatoms. The molecule has 1 amide bonds. The maximum Gasteiger partial charge on any atom is 0.313 e. The van der Waals surface area contributed by atoms with Crippen molar-refractivity contribution in [2.75, 3.05) is 24.7 Å². The number of aliphatic carboxylic acids is 1. The molecule has 0 heterocycles. The van der Waals surface area contributed by atoms with Gasteiger partial charge in [0.15, 0.2) is 0 Å². The fourth-order valence-electron chi connectivity index (χ4n) is 2.08. The third-order valence-corrected chi connectivity index (χ3v) is 4.04. The Hall–Kier alpha value is -0.750. The van der Waals surface area contributed by atoms with Gasteiger partial charge in [0, 0.05) is 12.0 Å². The van der Waals surface area contributed by atoms with Gasteiger partial charge in [0.1, 0.15) is 0 Å². The lowest BCUT2D eigenvalue weighted by atomic mass is 9.87. The lowest BCUT2D eigenvalue weighted by Gasteiger charge is -2.26. The van der Waals surface area contributed by atoms with E-state index in [2.05, 4.69) is 5.32 Å². The summed E-state index contributed by atoms with van der Waals surface area (Å²) in [6, 6.07) is 0. The van der Waals surface area contributed by atoms with Gasteiger partial charge in [-0.25, -0.2) is 0 Å². The van der Waals surface area contributed by atoms with E-state index in [1.165, 1.54) is 0 Å². The molecule has 0 aromatic heterocycles. The van der Waals surface area contributed by atoms with Gasteiger partial charge in [0.25, 0.3) is 0 Å². The Balaban J connectivity index is 2.20. The summed E-state index contributed by atoms with van der Waals surface area (Å²) >= 11 is 1.08. The average molecular weight is 261 g/mol. The number of thioether (sulfide) groups is 1. The number of carbonyl (C=O) groups excluding carboxylic acids is 1. The van der Waals surface area contributed by atoms with Crippen LogP contribution in [0, 0.1) is 5.41 Å². The van der Waals surface area contributed by atoms with Crippen molar-refractivity contribution in [2.24, 2.45) is 5.41 Å². The predicted octanol–water partition coefficient (Wildman–Crippen LogP) is 0.473. The number of aliphatic hydroxyl groups is 1. The molecule has 1 fully saturated rings. The van der Waals surface area contributed by atoms with E-state index in [0.29, 0.717) is 6.54 Å². The van der Waals surface area contributed by atoms with Crippen LogP contribution in [0.3, 0.4) is 0 Å². The van der Waals surface area contributed by atoms with Gasteiger partial charge in [-0.2, -0.15) is 0 Å². The van der Waals surface area contributed by atoms with E-state index in [1.807, 2.05) is 0 Å². The molecule has 0 aromatic rings. The molecule has 17 heavy (non-hydrogen) atoms. The first-order valence-corrected chi connectivity index (χ1v) is 6.91. The largest absolute Gasteiger partial charge is 0.481 e. The van der Waals surface area contributed by atoms with E-state index >= 15 is 0 Å². The van der Waals surface area contributed by atoms with Crippen LogP contribution in [0.2, 0.25) is 0 Å². The second-order valence-electron chi connectivity index (χ2n) is 4.53. The highest BCUT2D eigenvalue weighted by Gasteiger charge is 2.33. The first-order valence-electron chi connectivity index (χ1n) is 5.75. The van der Waals surface area contributed by atoms with Crippen molar-refractivity contribution in [2.45, 2.75) is 25.7 Å². The van der Waals surface area contributed by atoms with E-state index in [4.69, 9.17) is 5.11 Å². The van der Waals surface area contributed by atoms with Gasteiger partial charge in [-0.1, -0.05) is 12.8 Å². The van der Waals surface area contributed by atoms with Crippen LogP contribution in [0.4, 0.5) is 0 Å². The van der Waals surface area contributed by atoms with Crippen LogP contribution in [0.5, 0.6) is 0 Å². The van der Waals surface area contributed by atoms with Crippen molar-refractivity contribution < 1.29 is 19.8 Å². The fourth-order valence-corrected chi connectivity index (χ4v) is 2.65. The zero-order valence-electron chi connectivity index (χ0n) is 9.78. The van der Waals surface area contributed by atoms with E-state index < -0.39 is 5.97 Å². The Kier molecular flexibility index (Phi) is 5.77. The summed E-state index contributed by atoms with van der Waals surface area (Å²) in [5, 5.41) is 20.5. The zero-order valence-corrected chi connectivity index (χ0v) is 10.6. The second-order valence-corrected chi connectivity index (χ2v) is 5.51. The van der Waals surface area contributed by atoms with Crippen molar-refractivity contribution in [3.63, 3.8) is 0 Å². The van der Waals surface area contributed by atoms with Gasteiger partial charge in [-0.05, 0) is 12.8 Å². The summed E-state index contributed by atoms with van der Waals surface area (Å²) < 4.78 is 0. The third-order valence-electron chi connectivity index (χ3n) is 3.12. The number of amides is 1. The minimum atomic E-state index is -0.912. The minimum absolute atomic E-state index is 0.0570. The first kappa shape index (κ1) is 14.3. The predicted molar refractivity (Wildman–Crippen MR) is 66.0 cm³/mol. The van der Waals surface area contributed by atoms with Gasteiger partial charge in [0.05, 0.1) is 18.1 Å². The number of aliphatic hydroxyl groups excluding tert-OH is 1. The number of carbonyl (C=O) groups is 2. The quantitative estimate of drug-likeness (QED) is 0.620. The van der Waals surface area contributed by atoms with Crippen molar-refractivity contribution in [1.82, 2.24) is 5.32 Å². The summed E-state index contributed by atoms with van der Waals surface area (Å²) in [6.45, 7) is 0.603. The molecular formula is C11H19NO4S. The van der Waals surface area contributed by atoms with Crippen LogP contribution >= 0.6 is 11.8 Å². The lowest BCUT2D eigenvalue weighted by molar-refractivity contribution is -0.133. The summed E-state index contributed by atoms with van der Waals surface area (Å²) in [7, 11) is 0. The maximum absolute atomic E-state index is 11.4. The van der Waals surface area contributed by atoms with Crippen LogP contribution in [-0.4, -0.2) is 46.7 Å². The molecule has 0 aliphatic heterocycles. The van der Waals surface area contributed by atoms with Crippen molar-refractivity contribution in [3.05, 3.63) is 0 Å². The molecule has 5 nitrogen and oxygen atoms in total. The molecule has 0 spiro atoms. The van der Waals surface area contributed by atoms with E-state index in [-0.39, 0.29) is 29.4 Å². The molecule has 0 bridgehead atoms. The lowest BCUT2D eigenvalue weighted by Crippen LogP contribution is -2.39. The first-order chi connectivity index (χ1) is 8.08. The molecule has 0 radical (unpaired) electrons. The van der Waals surface area contributed by atoms with E-state index in [0.717, 1.165) is 37.4 Å². The minimum Gasteiger partial charge on any atom is -0.481 e. The molecule has 1 rings (SSSR count). The van der Waals surface area contributed by atoms with Crippen molar-refractivity contribution in [3.8, 4) is 0 Å². The third kappa shape index (κ3) is 4.95. The van der Waals surface area contributed by atoms with Crippen LogP contribution in [0.15, 0.2) is 0 Å². The number of carboxylic acid groups (broad SMARTS) is 1. The summed E-state index contributed by atoms with van der Waals surface area (Å²) in [4.78, 5) is 21.7. The maximum atomic E-state index is 11.4. The fraction of sp³-hybridized carbons (Fsp3) is 0.818. The Bertz CT molecular complexity index is 277. The number of hydrogen-bond donors (Lipinski definition) is 3. The normalized spacial score (nSPS) is 17.9. The number of carboxylic acids is 1. The molecule has 98 valence electrons. The molecule has 0 aromatic carbocycles. The number of rotatable bonds is 7. The standard InChI is InChI=1S/C11H19NO4S/c13-8-11(3-1-2-4-11)7-12-9(14)5-17-6-10(15)16/h13H,1-8H2,(H,12,14)(H,15,16). The SMILES string of the molecule is O=C(O)CSCC(=O)NCC1(CO)CCCC1. The van der Waals surface area contributed by atoms with Crippen LogP contribution in [-0.2, 0) is 9.59 Å². The van der Waals surface area contributed by atoms with Crippen LogP contribution < -0.4 is 5.32 Å². The van der Waals surface area contributed by atoms with Crippen LogP contribution in [0.1, 0.15) is 25.7 Å². The summed E-state index contributed by atoms with van der Waals surface area (Å²) in [5.41, 5.74) is -0.146. The van der Waals surface area contributed by atoms with E-state index in [1.54, 1.807) is 0 Å². The summed E-state index contributed by atoms with van der Waals surface area (Å²) in [6.07, 6.45) is 4.10. The molecule has 1 saturated carbocycles. The molecule has 0 unspecified atom stereocenters. The van der Waals surface area contributed by atoms with E-state index in [9.17, 15) is 14.7 Å². The second kappa shape index (κ2) is 6.86. The van der Waals surface area contributed by atoms with Gasteiger partial charge in [-0.3, -0.25) is 9.59 Å². The monoisotopic (exact) mass is 261 g/mol.